The Hall–Kier alpha value is -1.55. The number of nitrogens with zero attached hydrogens (tertiary/aromatic N) is 4. The predicted molar refractivity (Wildman–Crippen MR) is 65.4 cm³/mol. The van der Waals surface area contributed by atoms with Crippen LogP contribution >= 0.6 is 0 Å². The Labute approximate surface area is 101 Å². The zero-order valence-electron chi connectivity index (χ0n) is 9.75. The highest BCUT2D eigenvalue weighted by Crippen LogP contribution is 2.09. The largest absolute Gasteiger partial charge is 0.379 e. The van der Waals surface area contributed by atoms with Gasteiger partial charge in [-0.15, -0.1) is 0 Å². The first-order valence-corrected chi connectivity index (χ1v) is 5.77. The van der Waals surface area contributed by atoms with Gasteiger partial charge in [0.1, 0.15) is 0 Å². The van der Waals surface area contributed by atoms with E-state index in [9.17, 15) is 0 Å². The zero-order valence-corrected chi connectivity index (χ0v) is 9.75. The molecule has 0 amide bonds. The molecule has 1 heterocycles. The van der Waals surface area contributed by atoms with Crippen molar-refractivity contribution in [2.24, 2.45) is 5.11 Å². The summed E-state index contributed by atoms with van der Waals surface area (Å²) < 4.78 is 5.31. The van der Waals surface area contributed by atoms with Gasteiger partial charge in [-0.2, -0.15) is 0 Å². The van der Waals surface area contributed by atoms with Crippen LogP contribution in [0, 0.1) is 0 Å². The van der Waals surface area contributed by atoms with Crippen LogP contribution in [0.15, 0.2) is 29.4 Å². The highest BCUT2D eigenvalue weighted by molar-refractivity contribution is 5.22. The van der Waals surface area contributed by atoms with E-state index in [1.165, 1.54) is 5.56 Å². The Morgan fingerprint density at radius 2 is 1.82 bits per heavy atom. The van der Waals surface area contributed by atoms with Gasteiger partial charge in [0.2, 0.25) is 0 Å². The Morgan fingerprint density at radius 1 is 1.18 bits per heavy atom. The van der Waals surface area contributed by atoms with Gasteiger partial charge in [0.15, 0.2) is 0 Å². The molecule has 0 N–H and O–H groups in total. The first kappa shape index (κ1) is 11.9. The summed E-state index contributed by atoms with van der Waals surface area (Å²) in [5.74, 6) is 0. The fourth-order valence-electron chi connectivity index (χ4n) is 1.88. The molecule has 0 radical (unpaired) electrons. The zero-order chi connectivity index (χ0) is 11.9. The lowest BCUT2D eigenvalue weighted by molar-refractivity contribution is 0.0342. The van der Waals surface area contributed by atoms with E-state index in [4.69, 9.17) is 10.3 Å². The second-order valence-corrected chi connectivity index (χ2v) is 4.09. The van der Waals surface area contributed by atoms with Crippen LogP contribution in [-0.4, -0.2) is 31.2 Å². The van der Waals surface area contributed by atoms with Gasteiger partial charge in [-0.05, 0) is 16.7 Å². The normalized spacial score (nSPS) is 16.5. The maximum atomic E-state index is 8.24. The summed E-state index contributed by atoms with van der Waals surface area (Å²) in [4.78, 5) is 5.13. The van der Waals surface area contributed by atoms with Gasteiger partial charge in [-0.25, -0.2) is 0 Å². The summed E-state index contributed by atoms with van der Waals surface area (Å²) in [6.07, 6.45) is 0. The lowest BCUT2D eigenvalue weighted by Gasteiger charge is -2.26. The van der Waals surface area contributed by atoms with E-state index in [0.717, 1.165) is 38.4 Å². The predicted octanol–water partition coefficient (Wildman–Crippen LogP) is 2.33. The van der Waals surface area contributed by atoms with E-state index in [1.54, 1.807) is 0 Å². The van der Waals surface area contributed by atoms with Gasteiger partial charge in [-0.1, -0.05) is 29.4 Å². The summed E-state index contributed by atoms with van der Waals surface area (Å²) in [5.41, 5.74) is 10.6. The molecule has 1 aromatic rings. The first-order valence-electron chi connectivity index (χ1n) is 5.77. The van der Waals surface area contributed by atoms with E-state index in [0.29, 0.717) is 6.54 Å². The molecule has 5 nitrogen and oxygen atoms in total. The third-order valence-corrected chi connectivity index (χ3v) is 2.85. The number of hydrogen-bond acceptors (Lipinski definition) is 3. The highest BCUT2D eigenvalue weighted by Gasteiger charge is 2.10. The van der Waals surface area contributed by atoms with Crippen molar-refractivity contribution < 1.29 is 4.74 Å². The van der Waals surface area contributed by atoms with Crippen LogP contribution in [0.5, 0.6) is 0 Å². The van der Waals surface area contributed by atoms with E-state index < -0.39 is 0 Å². The third kappa shape index (κ3) is 3.75. The second-order valence-electron chi connectivity index (χ2n) is 4.09. The van der Waals surface area contributed by atoms with E-state index in [2.05, 4.69) is 27.1 Å². The van der Waals surface area contributed by atoms with Crippen LogP contribution in [0.25, 0.3) is 10.4 Å². The molecule has 1 saturated heterocycles. The van der Waals surface area contributed by atoms with E-state index >= 15 is 0 Å². The van der Waals surface area contributed by atoms with Gasteiger partial charge < -0.3 is 4.74 Å². The molecule has 0 unspecified atom stereocenters. The molecule has 1 aliphatic heterocycles. The van der Waals surface area contributed by atoms with Crippen LogP contribution in [0.2, 0.25) is 0 Å². The molecular weight excluding hydrogens is 216 g/mol. The fraction of sp³-hybridized carbons (Fsp3) is 0.500. The van der Waals surface area contributed by atoms with Crippen molar-refractivity contribution in [3.63, 3.8) is 0 Å². The van der Waals surface area contributed by atoms with Crippen LogP contribution in [-0.2, 0) is 17.8 Å². The average molecular weight is 232 g/mol. The minimum atomic E-state index is 0.425. The van der Waals surface area contributed by atoms with Gasteiger partial charge in [-0.3, -0.25) is 4.90 Å². The van der Waals surface area contributed by atoms with Gasteiger partial charge >= 0.3 is 0 Å². The number of ether oxygens (including phenoxy) is 1. The molecule has 0 aromatic heterocycles. The van der Waals surface area contributed by atoms with Gasteiger partial charge in [0.25, 0.3) is 0 Å². The number of azide groups is 1. The SMILES string of the molecule is [N-]=[N+]=NCc1ccc(CN2CCOCC2)cc1. The van der Waals surface area contributed by atoms with Crippen LogP contribution in [0.1, 0.15) is 11.1 Å². The molecule has 90 valence electrons. The molecule has 1 fully saturated rings. The molecule has 0 bridgehead atoms. The van der Waals surface area contributed by atoms with Crippen molar-refractivity contribution in [2.75, 3.05) is 26.3 Å². The number of morpholine rings is 1. The lowest BCUT2D eigenvalue weighted by Crippen LogP contribution is -2.35. The Morgan fingerprint density at radius 3 is 2.47 bits per heavy atom. The molecule has 0 aliphatic carbocycles. The molecule has 0 spiro atoms. The molecule has 1 aliphatic rings. The first-order chi connectivity index (χ1) is 8.38. The number of rotatable bonds is 4. The molecule has 0 atom stereocenters. The summed E-state index contributed by atoms with van der Waals surface area (Å²) in [5, 5.41) is 3.54. The number of benzene rings is 1. The van der Waals surface area contributed by atoms with Gasteiger partial charge in [0, 0.05) is 24.5 Å². The van der Waals surface area contributed by atoms with Crippen LogP contribution in [0.4, 0.5) is 0 Å². The summed E-state index contributed by atoms with van der Waals surface area (Å²) in [6.45, 7) is 5.05. The summed E-state index contributed by atoms with van der Waals surface area (Å²) >= 11 is 0. The highest BCUT2D eigenvalue weighted by atomic mass is 16.5. The van der Waals surface area contributed by atoms with Crippen molar-refractivity contribution in [2.45, 2.75) is 13.1 Å². The quantitative estimate of drug-likeness (QED) is 0.454. The second kappa shape index (κ2) is 6.25. The topological polar surface area (TPSA) is 61.2 Å². The van der Waals surface area contributed by atoms with Crippen molar-refractivity contribution in [3.05, 3.63) is 45.8 Å². The summed E-state index contributed by atoms with van der Waals surface area (Å²) in [7, 11) is 0. The molecule has 5 heteroatoms. The Balaban J connectivity index is 1.90. The lowest BCUT2D eigenvalue weighted by atomic mass is 10.1. The fourth-order valence-corrected chi connectivity index (χ4v) is 1.88. The average Bonchev–Trinajstić information content (AvgIpc) is 2.39. The monoisotopic (exact) mass is 232 g/mol. The smallest absolute Gasteiger partial charge is 0.0594 e. The molecule has 0 saturated carbocycles. The Kier molecular flexibility index (Phi) is 4.38. The number of hydrogen-bond donors (Lipinski definition) is 0. The third-order valence-electron chi connectivity index (χ3n) is 2.85. The van der Waals surface area contributed by atoms with Crippen LogP contribution < -0.4 is 0 Å². The van der Waals surface area contributed by atoms with Gasteiger partial charge in [0.05, 0.1) is 19.8 Å². The van der Waals surface area contributed by atoms with Crippen molar-refractivity contribution in [3.8, 4) is 0 Å². The molecule has 17 heavy (non-hydrogen) atoms. The minimum absolute atomic E-state index is 0.425. The van der Waals surface area contributed by atoms with E-state index in [1.807, 2.05) is 12.1 Å². The standard InChI is InChI=1S/C12H16N4O/c13-15-14-9-11-1-3-12(4-2-11)10-16-5-7-17-8-6-16/h1-4H,5-10H2. The van der Waals surface area contributed by atoms with E-state index in [-0.39, 0.29) is 0 Å². The minimum Gasteiger partial charge on any atom is -0.379 e. The summed E-state index contributed by atoms with van der Waals surface area (Å²) in [6, 6.07) is 8.23. The van der Waals surface area contributed by atoms with Crippen molar-refractivity contribution >= 4 is 0 Å². The maximum absolute atomic E-state index is 8.24. The molecule has 1 aromatic carbocycles. The van der Waals surface area contributed by atoms with Crippen molar-refractivity contribution in [1.82, 2.24) is 4.90 Å². The van der Waals surface area contributed by atoms with Crippen LogP contribution in [0.3, 0.4) is 0 Å². The molecular formula is C12H16N4O. The Bertz CT molecular complexity index is 391. The van der Waals surface area contributed by atoms with Crippen molar-refractivity contribution in [1.29, 1.82) is 0 Å². The molecule has 2 rings (SSSR count). The maximum Gasteiger partial charge on any atom is 0.0594 e.